The monoisotopic (exact) mass is 321 g/mol. The van der Waals surface area contributed by atoms with E-state index in [0.717, 1.165) is 32.8 Å². The summed E-state index contributed by atoms with van der Waals surface area (Å²) in [6, 6.07) is 0.0339. The van der Waals surface area contributed by atoms with Crippen LogP contribution in [-0.4, -0.2) is 46.1 Å². The number of carbonyl (C=O) groups excluding carboxylic acids is 2. The number of fused-ring (bicyclic) bond motifs is 1. The first-order chi connectivity index (χ1) is 11.1. The first kappa shape index (κ1) is 17.1. The molecule has 2 aliphatic rings. The predicted molar refractivity (Wildman–Crippen MR) is 86.1 cm³/mol. The highest BCUT2D eigenvalue weighted by molar-refractivity contribution is 6.03. The number of hydrogen-bond acceptors (Lipinski definition) is 6. The summed E-state index contributed by atoms with van der Waals surface area (Å²) in [6.45, 7) is 1.98. The van der Waals surface area contributed by atoms with Gasteiger partial charge in [-0.25, -0.2) is 9.97 Å². The van der Waals surface area contributed by atoms with E-state index in [1.54, 1.807) is 0 Å². The Morgan fingerprint density at radius 2 is 2.09 bits per heavy atom. The van der Waals surface area contributed by atoms with Crippen molar-refractivity contribution in [3.05, 3.63) is 12.0 Å². The van der Waals surface area contributed by atoms with Gasteiger partial charge in [-0.2, -0.15) is 0 Å². The minimum absolute atomic E-state index is 0.0113. The van der Waals surface area contributed by atoms with Gasteiger partial charge in [0.25, 0.3) is 5.91 Å². The molecule has 0 aromatic carbocycles. The number of rotatable bonds is 3. The Morgan fingerprint density at radius 3 is 2.65 bits per heavy atom. The lowest BCUT2D eigenvalue weighted by Gasteiger charge is -2.40. The summed E-state index contributed by atoms with van der Waals surface area (Å²) in [5, 5.41) is 9.82. The fourth-order valence-corrected chi connectivity index (χ4v) is 3.26. The lowest BCUT2D eigenvalue weighted by atomic mass is 10.0. The van der Waals surface area contributed by atoms with Crippen LogP contribution in [0.3, 0.4) is 0 Å². The van der Waals surface area contributed by atoms with Gasteiger partial charge in [-0.3, -0.25) is 9.59 Å². The number of amides is 2. The van der Waals surface area contributed by atoms with Crippen LogP contribution < -0.4 is 16.0 Å². The highest BCUT2D eigenvalue weighted by atomic mass is 16.2. The molecule has 1 atom stereocenters. The van der Waals surface area contributed by atoms with Crippen molar-refractivity contribution >= 4 is 23.3 Å². The molecule has 1 fully saturated rings. The zero-order valence-corrected chi connectivity index (χ0v) is 13.5. The molecule has 23 heavy (non-hydrogen) atoms. The minimum atomic E-state index is -0.658. The fraction of sp³-hybridized carbons (Fsp3) is 0.600. The topological polar surface area (TPSA) is 121 Å². The van der Waals surface area contributed by atoms with Crippen molar-refractivity contribution in [1.82, 2.24) is 9.97 Å². The van der Waals surface area contributed by atoms with Gasteiger partial charge in [0.2, 0.25) is 11.7 Å². The third-order valence-corrected chi connectivity index (χ3v) is 4.23. The van der Waals surface area contributed by atoms with Crippen molar-refractivity contribution in [2.45, 2.75) is 51.1 Å². The number of aromatic nitrogens is 2. The molecule has 126 valence electrons. The number of nitrogens with zero attached hydrogens (tertiary/aromatic N) is 3. The van der Waals surface area contributed by atoms with E-state index in [2.05, 4.69) is 20.2 Å². The van der Waals surface area contributed by atoms with Gasteiger partial charge in [-0.05, 0) is 19.3 Å². The Kier molecular flexibility index (Phi) is 5.49. The van der Waals surface area contributed by atoms with Gasteiger partial charge < -0.3 is 21.1 Å². The molecule has 1 aromatic heterocycles. The Bertz CT molecular complexity index is 586. The van der Waals surface area contributed by atoms with Crippen LogP contribution in [0.15, 0.2) is 6.20 Å². The molecule has 1 saturated carbocycles. The van der Waals surface area contributed by atoms with E-state index < -0.39 is 5.91 Å². The van der Waals surface area contributed by atoms with Crippen LogP contribution in [0.1, 0.15) is 49.6 Å². The molecular formula is C15H23N5O3. The maximum atomic E-state index is 12.3. The molecular weight excluding hydrogens is 298 g/mol. The smallest absolute Gasteiger partial charge is 0.286 e. The van der Waals surface area contributed by atoms with E-state index >= 15 is 0 Å². The van der Waals surface area contributed by atoms with E-state index in [0.29, 0.717) is 17.9 Å². The molecule has 8 heteroatoms. The van der Waals surface area contributed by atoms with Gasteiger partial charge in [0, 0.05) is 13.2 Å². The Morgan fingerprint density at radius 1 is 1.43 bits per heavy atom. The van der Waals surface area contributed by atoms with Crippen LogP contribution >= 0.6 is 0 Å². The van der Waals surface area contributed by atoms with E-state index in [4.69, 9.17) is 10.8 Å². The zero-order chi connectivity index (χ0) is 17.0. The summed E-state index contributed by atoms with van der Waals surface area (Å²) in [7, 11) is 1.00. The van der Waals surface area contributed by atoms with Crippen LogP contribution in [-0.2, 0) is 4.79 Å². The second kappa shape index (κ2) is 7.36. The number of primary amides is 1. The number of carbonyl (C=O) groups is 2. The second-order valence-corrected chi connectivity index (χ2v) is 5.55. The number of nitrogens with one attached hydrogen (secondary N) is 1. The van der Waals surface area contributed by atoms with Gasteiger partial charge in [0.1, 0.15) is 11.7 Å². The van der Waals surface area contributed by atoms with E-state index in [1.165, 1.54) is 6.20 Å². The van der Waals surface area contributed by atoms with Crippen LogP contribution in [0.5, 0.6) is 0 Å². The average molecular weight is 321 g/mol. The molecule has 4 N–H and O–H groups in total. The van der Waals surface area contributed by atoms with Crippen molar-refractivity contribution < 1.29 is 14.7 Å². The molecule has 1 aliphatic carbocycles. The molecule has 1 aliphatic heterocycles. The van der Waals surface area contributed by atoms with Gasteiger partial charge >= 0.3 is 0 Å². The number of aliphatic hydroxyl groups is 1. The predicted octanol–water partition coefficient (Wildman–Crippen LogP) is 0.664. The Labute approximate surface area is 135 Å². The van der Waals surface area contributed by atoms with E-state index in [9.17, 15) is 9.59 Å². The summed E-state index contributed by atoms with van der Waals surface area (Å²) >= 11 is 0. The van der Waals surface area contributed by atoms with Crippen LogP contribution in [0.2, 0.25) is 0 Å². The zero-order valence-electron chi connectivity index (χ0n) is 13.5. The number of nitrogens with two attached hydrogens (primary N) is 1. The third-order valence-electron chi connectivity index (χ3n) is 4.23. The minimum Gasteiger partial charge on any atom is -0.400 e. The fourth-order valence-electron chi connectivity index (χ4n) is 3.26. The van der Waals surface area contributed by atoms with Gasteiger partial charge in [-0.1, -0.05) is 19.8 Å². The first-order valence-corrected chi connectivity index (χ1v) is 7.82. The van der Waals surface area contributed by atoms with Crippen LogP contribution in [0, 0.1) is 0 Å². The number of hydrogen-bond donors (Lipinski definition) is 3. The lowest BCUT2D eigenvalue weighted by molar-refractivity contribution is -0.117. The largest absolute Gasteiger partial charge is 0.400 e. The standard InChI is InChI=1S/C14H19N5O2.CH4O/c1-2-10-14(21)17-9-7-16-12(11(15)20)18-13(9)19(10)8-5-3-4-6-8;1-2/h7-8,10H,2-6H2,1H3,(H2,15,20)(H,17,21);2H,1H3/t10-;/m1./s1. The molecule has 0 spiro atoms. The number of aliphatic hydroxyl groups excluding tert-OH is 1. The average Bonchev–Trinajstić information content (AvgIpc) is 3.09. The van der Waals surface area contributed by atoms with Crippen molar-refractivity contribution in [3.63, 3.8) is 0 Å². The maximum absolute atomic E-state index is 12.3. The molecule has 0 saturated heterocycles. The van der Waals surface area contributed by atoms with E-state index in [-0.39, 0.29) is 23.8 Å². The lowest BCUT2D eigenvalue weighted by Crippen LogP contribution is -2.52. The highest BCUT2D eigenvalue weighted by Gasteiger charge is 2.38. The SMILES string of the molecule is CC[C@@H]1C(=O)Nc2cnc(C(N)=O)nc2N1C1CCCC1.CO. The van der Waals surface area contributed by atoms with Crippen molar-refractivity contribution in [2.75, 3.05) is 17.3 Å². The summed E-state index contributed by atoms with van der Waals surface area (Å²) in [6.07, 6.45) is 6.55. The molecule has 1 aromatic rings. The van der Waals surface area contributed by atoms with Gasteiger partial charge in [0.05, 0.1) is 6.20 Å². The molecule has 3 rings (SSSR count). The van der Waals surface area contributed by atoms with Crippen molar-refractivity contribution in [3.8, 4) is 0 Å². The molecule has 0 radical (unpaired) electrons. The molecule has 8 nitrogen and oxygen atoms in total. The maximum Gasteiger partial charge on any atom is 0.286 e. The quantitative estimate of drug-likeness (QED) is 0.752. The van der Waals surface area contributed by atoms with Gasteiger partial charge in [0.15, 0.2) is 5.82 Å². The molecule has 0 bridgehead atoms. The van der Waals surface area contributed by atoms with Crippen molar-refractivity contribution in [1.29, 1.82) is 0 Å². The van der Waals surface area contributed by atoms with Crippen molar-refractivity contribution in [2.24, 2.45) is 5.73 Å². The summed E-state index contributed by atoms with van der Waals surface area (Å²) in [4.78, 5) is 33.9. The normalized spacial score (nSPS) is 20.4. The first-order valence-electron chi connectivity index (χ1n) is 7.82. The van der Waals surface area contributed by atoms with Crippen LogP contribution in [0.25, 0.3) is 0 Å². The Hall–Kier alpha value is -2.22. The third kappa shape index (κ3) is 3.26. The summed E-state index contributed by atoms with van der Waals surface area (Å²) in [5.41, 5.74) is 5.83. The second-order valence-electron chi connectivity index (χ2n) is 5.55. The molecule has 2 heterocycles. The summed E-state index contributed by atoms with van der Waals surface area (Å²) < 4.78 is 0. The van der Waals surface area contributed by atoms with Crippen LogP contribution in [0.4, 0.5) is 11.5 Å². The molecule has 2 amide bonds. The van der Waals surface area contributed by atoms with Gasteiger partial charge in [-0.15, -0.1) is 0 Å². The van der Waals surface area contributed by atoms with E-state index in [1.807, 2.05) is 6.92 Å². The molecule has 0 unspecified atom stereocenters. The summed E-state index contributed by atoms with van der Waals surface area (Å²) in [5.74, 6) is -0.0821. The highest BCUT2D eigenvalue weighted by Crippen LogP contribution is 2.36. The number of anilines is 2. The Balaban J connectivity index is 0.000000924.